The van der Waals surface area contributed by atoms with Crippen LogP contribution in [0.2, 0.25) is 0 Å². The van der Waals surface area contributed by atoms with Crippen molar-refractivity contribution in [2.75, 3.05) is 44.7 Å². The summed E-state index contributed by atoms with van der Waals surface area (Å²) in [6, 6.07) is 5.67. The molecule has 1 aromatic rings. The van der Waals surface area contributed by atoms with Crippen LogP contribution in [0.5, 0.6) is 0 Å². The molecule has 0 atom stereocenters. The zero-order chi connectivity index (χ0) is 18.2. The minimum absolute atomic E-state index is 0. The van der Waals surface area contributed by atoms with E-state index in [1.807, 2.05) is 11.3 Å². The molecular formula is C20H36IN5S. The van der Waals surface area contributed by atoms with E-state index in [9.17, 15) is 0 Å². The molecule has 2 aliphatic rings. The molecule has 1 aromatic heterocycles. The molecule has 5 nitrogen and oxygen atoms in total. The number of nitrogens with one attached hydrogen (secondary N) is 2. The minimum Gasteiger partial charge on any atom is -0.363 e. The number of guanidine groups is 1. The lowest BCUT2D eigenvalue weighted by atomic mass is 10.1. The first-order chi connectivity index (χ1) is 12.8. The molecule has 1 aliphatic heterocycles. The summed E-state index contributed by atoms with van der Waals surface area (Å²) in [6.07, 6.45) is 7.86. The fraction of sp³-hybridized carbons (Fsp3) is 0.750. The molecule has 7 heteroatoms. The van der Waals surface area contributed by atoms with Crippen LogP contribution in [0.15, 0.2) is 22.5 Å². The van der Waals surface area contributed by atoms with Crippen LogP contribution in [0, 0.1) is 0 Å². The molecule has 3 rings (SSSR count). The van der Waals surface area contributed by atoms with Crippen LogP contribution in [0.3, 0.4) is 0 Å². The molecule has 154 valence electrons. The molecule has 0 aromatic carbocycles. The highest BCUT2D eigenvalue weighted by Crippen LogP contribution is 2.25. The van der Waals surface area contributed by atoms with E-state index in [1.165, 1.54) is 43.5 Å². The van der Waals surface area contributed by atoms with Crippen molar-refractivity contribution in [1.29, 1.82) is 0 Å². The maximum atomic E-state index is 4.83. The van der Waals surface area contributed by atoms with Gasteiger partial charge < -0.3 is 20.4 Å². The van der Waals surface area contributed by atoms with Gasteiger partial charge in [0.2, 0.25) is 0 Å². The molecule has 27 heavy (non-hydrogen) atoms. The summed E-state index contributed by atoms with van der Waals surface area (Å²) in [5.74, 6) is 0.988. The molecule has 1 saturated heterocycles. The Labute approximate surface area is 186 Å². The van der Waals surface area contributed by atoms with E-state index in [4.69, 9.17) is 4.99 Å². The zero-order valence-electron chi connectivity index (χ0n) is 16.8. The Balaban J connectivity index is 0.00000261. The third kappa shape index (κ3) is 7.09. The molecule has 2 fully saturated rings. The summed E-state index contributed by atoms with van der Waals surface area (Å²) in [5.41, 5.74) is 0. The van der Waals surface area contributed by atoms with Crippen molar-refractivity contribution >= 4 is 46.3 Å². The van der Waals surface area contributed by atoms with Gasteiger partial charge in [-0.25, -0.2) is 0 Å². The summed E-state index contributed by atoms with van der Waals surface area (Å²) < 4.78 is 0. The van der Waals surface area contributed by atoms with Crippen molar-refractivity contribution in [3.05, 3.63) is 17.5 Å². The minimum atomic E-state index is 0. The Kier molecular flexibility index (Phi) is 10.2. The first-order valence-electron chi connectivity index (χ1n) is 10.3. The first kappa shape index (κ1) is 22.7. The SMILES string of the molecule is CCNC(=NCCN(C)C1CCCC1)NC1CCN(c2cccs2)CC1.I. The second-order valence-electron chi connectivity index (χ2n) is 7.54. The van der Waals surface area contributed by atoms with Gasteiger partial charge in [0.05, 0.1) is 11.5 Å². The van der Waals surface area contributed by atoms with Gasteiger partial charge in [0, 0.05) is 38.3 Å². The summed E-state index contributed by atoms with van der Waals surface area (Å²) in [4.78, 5) is 9.83. The smallest absolute Gasteiger partial charge is 0.191 e. The summed E-state index contributed by atoms with van der Waals surface area (Å²) in [7, 11) is 2.26. The van der Waals surface area contributed by atoms with E-state index in [1.54, 1.807) is 0 Å². The second kappa shape index (κ2) is 12.1. The second-order valence-corrected chi connectivity index (χ2v) is 8.46. The number of nitrogens with zero attached hydrogens (tertiary/aromatic N) is 3. The molecule has 0 bridgehead atoms. The van der Waals surface area contributed by atoms with Crippen molar-refractivity contribution in [3.63, 3.8) is 0 Å². The quantitative estimate of drug-likeness (QED) is 0.337. The average molecular weight is 506 g/mol. The van der Waals surface area contributed by atoms with Gasteiger partial charge in [-0.05, 0) is 57.2 Å². The van der Waals surface area contributed by atoms with Crippen molar-refractivity contribution in [2.45, 2.75) is 57.5 Å². The standard InChI is InChI=1S/C20H35N5S.HI/c1-3-21-20(22-12-15-24(2)18-7-4-5-8-18)23-17-10-13-25(14-11-17)19-9-6-16-26-19;/h6,9,16-18H,3-5,7-8,10-15H2,1-2H3,(H2,21,22,23);1H. The summed E-state index contributed by atoms with van der Waals surface area (Å²) in [5, 5.41) is 10.7. The lowest BCUT2D eigenvalue weighted by Crippen LogP contribution is -2.48. The molecule has 0 radical (unpaired) electrons. The van der Waals surface area contributed by atoms with Crippen molar-refractivity contribution in [3.8, 4) is 0 Å². The number of rotatable bonds is 7. The number of likely N-dealkylation sites (N-methyl/N-ethyl adjacent to an activating group) is 1. The van der Waals surface area contributed by atoms with Crippen molar-refractivity contribution in [1.82, 2.24) is 15.5 Å². The van der Waals surface area contributed by atoms with Crippen LogP contribution < -0.4 is 15.5 Å². The Morgan fingerprint density at radius 1 is 1.26 bits per heavy atom. The van der Waals surface area contributed by atoms with Gasteiger partial charge >= 0.3 is 0 Å². The maximum absolute atomic E-state index is 4.83. The summed E-state index contributed by atoms with van der Waals surface area (Å²) >= 11 is 1.84. The molecule has 1 saturated carbocycles. The molecule has 0 amide bonds. The lowest BCUT2D eigenvalue weighted by molar-refractivity contribution is 0.252. The van der Waals surface area contributed by atoms with Gasteiger partial charge in [-0.1, -0.05) is 12.8 Å². The first-order valence-corrected chi connectivity index (χ1v) is 11.2. The van der Waals surface area contributed by atoms with Gasteiger partial charge in [-0.2, -0.15) is 0 Å². The lowest BCUT2D eigenvalue weighted by Gasteiger charge is -2.33. The fourth-order valence-corrected chi connectivity index (χ4v) is 4.84. The van der Waals surface area contributed by atoms with E-state index in [0.29, 0.717) is 6.04 Å². The molecular weight excluding hydrogens is 469 g/mol. The third-order valence-electron chi connectivity index (χ3n) is 5.67. The van der Waals surface area contributed by atoms with Crippen molar-refractivity contribution in [2.24, 2.45) is 4.99 Å². The predicted molar refractivity (Wildman–Crippen MR) is 129 cm³/mol. The van der Waals surface area contributed by atoms with E-state index in [0.717, 1.165) is 44.7 Å². The van der Waals surface area contributed by atoms with Crippen LogP contribution in [0.4, 0.5) is 5.00 Å². The maximum Gasteiger partial charge on any atom is 0.191 e. The number of thiophene rings is 1. The highest BCUT2D eigenvalue weighted by Gasteiger charge is 2.21. The third-order valence-corrected chi connectivity index (χ3v) is 6.60. The van der Waals surface area contributed by atoms with Crippen LogP contribution in [-0.4, -0.2) is 62.7 Å². The largest absolute Gasteiger partial charge is 0.363 e. The number of anilines is 1. The topological polar surface area (TPSA) is 42.9 Å². The monoisotopic (exact) mass is 505 g/mol. The summed E-state index contributed by atoms with van der Waals surface area (Å²) in [6.45, 7) is 7.23. The number of hydrogen-bond acceptors (Lipinski definition) is 4. The van der Waals surface area contributed by atoms with Gasteiger partial charge in [-0.3, -0.25) is 4.99 Å². The Morgan fingerprint density at radius 3 is 2.63 bits per heavy atom. The molecule has 0 unspecified atom stereocenters. The van der Waals surface area contributed by atoms with Gasteiger partial charge in [0.1, 0.15) is 0 Å². The molecule has 2 N–H and O–H groups in total. The van der Waals surface area contributed by atoms with Gasteiger partial charge in [-0.15, -0.1) is 35.3 Å². The Morgan fingerprint density at radius 2 is 2.00 bits per heavy atom. The van der Waals surface area contributed by atoms with Crippen LogP contribution >= 0.6 is 35.3 Å². The van der Waals surface area contributed by atoms with Crippen LogP contribution in [0.1, 0.15) is 45.4 Å². The zero-order valence-corrected chi connectivity index (χ0v) is 20.0. The Hall–Kier alpha value is -0.540. The number of halogens is 1. The van der Waals surface area contributed by atoms with Gasteiger partial charge in [0.15, 0.2) is 5.96 Å². The molecule has 1 aliphatic carbocycles. The van der Waals surface area contributed by atoms with E-state index in [2.05, 4.69) is 51.9 Å². The van der Waals surface area contributed by atoms with Crippen molar-refractivity contribution < 1.29 is 0 Å². The van der Waals surface area contributed by atoms with Crippen LogP contribution in [0.25, 0.3) is 0 Å². The highest BCUT2D eigenvalue weighted by molar-refractivity contribution is 14.0. The number of piperidine rings is 1. The highest BCUT2D eigenvalue weighted by atomic mass is 127. The normalized spacial score (nSPS) is 19.4. The molecule has 0 spiro atoms. The van der Waals surface area contributed by atoms with E-state index in [-0.39, 0.29) is 24.0 Å². The van der Waals surface area contributed by atoms with E-state index < -0.39 is 0 Å². The average Bonchev–Trinajstić information content (AvgIpc) is 3.36. The molecule has 2 heterocycles. The number of hydrogen-bond donors (Lipinski definition) is 2. The predicted octanol–water partition coefficient (Wildman–Crippen LogP) is 3.76. The van der Waals surface area contributed by atoms with Crippen LogP contribution in [-0.2, 0) is 0 Å². The Bertz CT molecular complexity index is 537. The van der Waals surface area contributed by atoms with E-state index >= 15 is 0 Å². The van der Waals surface area contributed by atoms with Gasteiger partial charge in [0.25, 0.3) is 0 Å². The number of aliphatic imine (C=N–C) groups is 1. The fourth-order valence-electron chi connectivity index (χ4n) is 4.05.